The van der Waals surface area contributed by atoms with Crippen molar-refractivity contribution in [2.24, 2.45) is 0 Å². The Labute approximate surface area is 132 Å². The normalized spacial score (nSPS) is 16.6. The van der Waals surface area contributed by atoms with Crippen LogP contribution in [0.3, 0.4) is 0 Å². The van der Waals surface area contributed by atoms with Gasteiger partial charge < -0.3 is 14.8 Å². The minimum Gasteiger partial charge on any atom is -0.744 e. The van der Waals surface area contributed by atoms with Gasteiger partial charge in [-0.05, 0) is 38.4 Å². The lowest BCUT2D eigenvalue weighted by molar-refractivity contribution is 0.0562. The molecule has 126 valence electrons. The molecule has 1 unspecified atom stereocenters. The van der Waals surface area contributed by atoms with Gasteiger partial charge in [0.05, 0.1) is 11.5 Å². The number of aliphatic hydroxyl groups excluding tert-OH is 2. The molecule has 1 saturated carbocycles. The van der Waals surface area contributed by atoms with E-state index in [1.54, 1.807) is 6.07 Å². The summed E-state index contributed by atoms with van der Waals surface area (Å²) < 4.78 is 30.8. The maximum atomic E-state index is 10.3. The van der Waals surface area contributed by atoms with E-state index in [-0.39, 0.29) is 24.2 Å². The van der Waals surface area contributed by atoms with Crippen LogP contribution in [0.2, 0.25) is 0 Å². The summed E-state index contributed by atoms with van der Waals surface area (Å²) in [6.07, 6.45) is 4.49. The molecule has 1 aromatic rings. The Morgan fingerprint density at radius 2 is 1.86 bits per heavy atom. The van der Waals surface area contributed by atoms with Crippen molar-refractivity contribution in [1.29, 1.82) is 0 Å². The van der Waals surface area contributed by atoms with Crippen molar-refractivity contribution in [3.8, 4) is 0 Å². The topological polar surface area (TPSA) is 101 Å². The third-order valence-corrected chi connectivity index (χ3v) is 4.78. The van der Waals surface area contributed by atoms with Gasteiger partial charge in [-0.3, -0.25) is 4.90 Å². The van der Waals surface area contributed by atoms with Gasteiger partial charge >= 0.3 is 0 Å². The maximum Gasteiger partial charge on any atom is 0.124 e. The smallest absolute Gasteiger partial charge is 0.124 e. The van der Waals surface area contributed by atoms with Gasteiger partial charge in [0.2, 0.25) is 0 Å². The van der Waals surface area contributed by atoms with Crippen LogP contribution in [0.15, 0.2) is 35.2 Å². The fraction of sp³-hybridized carbons (Fsp3) is 0.600. The monoisotopic (exact) mass is 330 g/mol. The van der Waals surface area contributed by atoms with E-state index < -0.39 is 10.1 Å². The van der Waals surface area contributed by atoms with Gasteiger partial charge in [-0.15, -0.1) is 0 Å². The lowest BCUT2D eigenvalue weighted by atomic mass is 9.90. The summed E-state index contributed by atoms with van der Waals surface area (Å²) in [4.78, 5) is 2.02. The van der Waals surface area contributed by atoms with E-state index in [2.05, 4.69) is 4.90 Å². The Morgan fingerprint density at radius 3 is 2.18 bits per heavy atom. The first-order chi connectivity index (χ1) is 10.4. The third-order valence-electron chi connectivity index (χ3n) is 3.93. The largest absolute Gasteiger partial charge is 0.744 e. The number of likely N-dealkylation sites (N-methyl/N-ethyl adjacent to an activating group) is 1. The van der Waals surface area contributed by atoms with Crippen LogP contribution in [0.1, 0.15) is 25.7 Å². The second-order valence-electron chi connectivity index (χ2n) is 5.37. The first kappa shape index (κ1) is 19.1. The lowest BCUT2D eigenvalue weighted by Gasteiger charge is -2.39. The van der Waals surface area contributed by atoms with Crippen LogP contribution in [0.5, 0.6) is 0 Å². The highest BCUT2D eigenvalue weighted by Crippen LogP contribution is 2.25. The van der Waals surface area contributed by atoms with Gasteiger partial charge in [0, 0.05) is 18.7 Å². The quantitative estimate of drug-likeness (QED) is 0.748. The number of rotatable bonds is 6. The van der Waals surface area contributed by atoms with Crippen molar-refractivity contribution in [2.75, 3.05) is 20.3 Å². The number of nitrogens with zero attached hydrogens (tertiary/aromatic N) is 1. The first-order valence-corrected chi connectivity index (χ1v) is 8.75. The summed E-state index contributed by atoms with van der Waals surface area (Å²) in [6, 6.07) is 7.99. The van der Waals surface area contributed by atoms with Crippen molar-refractivity contribution in [3.63, 3.8) is 0 Å². The molecule has 1 aromatic carbocycles. The highest BCUT2D eigenvalue weighted by Gasteiger charge is 2.26. The summed E-state index contributed by atoms with van der Waals surface area (Å²) in [5, 5.41) is 17.8. The lowest BCUT2D eigenvalue weighted by Crippen LogP contribution is -2.46. The van der Waals surface area contributed by atoms with Crippen molar-refractivity contribution < 1.29 is 23.2 Å². The summed E-state index contributed by atoms with van der Waals surface area (Å²) >= 11 is 0. The summed E-state index contributed by atoms with van der Waals surface area (Å²) in [6.45, 7) is 0.329. The van der Waals surface area contributed by atoms with Gasteiger partial charge in [-0.25, -0.2) is 8.42 Å². The van der Waals surface area contributed by atoms with Gasteiger partial charge in [-0.1, -0.05) is 24.6 Å². The first-order valence-electron chi connectivity index (χ1n) is 7.34. The minimum absolute atomic E-state index is 0.153. The average Bonchev–Trinajstić information content (AvgIpc) is 2.43. The highest BCUT2D eigenvalue weighted by atomic mass is 32.2. The molecule has 0 saturated heterocycles. The zero-order valence-corrected chi connectivity index (χ0v) is 13.6. The van der Waals surface area contributed by atoms with E-state index in [9.17, 15) is 13.0 Å². The average molecular weight is 330 g/mol. The zero-order valence-electron chi connectivity index (χ0n) is 12.8. The summed E-state index contributed by atoms with van der Waals surface area (Å²) in [5.41, 5.74) is 0. The van der Waals surface area contributed by atoms with E-state index in [4.69, 9.17) is 10.2 Å². The molecule has 1 aliphatic rings. The van der Waals surface area contributed by atoms with Crippen molar-refractivity contribution >= 4 is 10.1 Å². The molecule has 2 N–H and O–H groups in total. The molecule has 0 spiro atoms. The highest BCUT2D eigenvalue weighted by molar-refractivity contribution is 7.85. The van der Waals surface area contributed by atoms with Gasteiger partial charge in [0.15, 0.2) is 0 Å². The number of hydrogen-bond donors (Lipinski definition) is 2. The van der Waals surface area contributed by atoms with Crippen LogP contribution in [-0.4, -0.2) is 60.4 Å². The fourth-order valence-corrected chi connectivity index (χ4v) is 2.74. The van der Waals surface area contributed by atoms with Crippen LogP contribution < -0.4 is 0 Å². The molecule has 1 fully saturated rings. The molecule has 22 heavy (non-hydrogen) atoms. The summed E-state index contributed by atoms with van der Waals surface area (Å²) in [5.74, 6) is 0. The Hall–Kier alpha value is -0.990. The number of hydrogen-bond acceptors (Lipinski definition) is 6. The van der Waals surface area contributed by atoms with E-state index in [1.165, 1.54) is 43.5 Å². The molecule has 7 heteroatoms. The molecule has 1 atom stereocenters. The van der Waals surface area contributed by atoms with Crippen molar-refractivity contribution in [1.82, 2.24) is 4.90 Å². The molecule has 2 rings (SSSR count). The van der Waals surface area contributed by atoms with Gasteiger partial charge in [0.25, 0.3) is 0 Å². The molecule has 0 heterocycles. The van der Waals surface area contributed by atoms with Crippen LogP contribution in [0.4, 0.5) is 0 Å². The van der Waals surface area contributed by atoms with Crippen LogP contribution in [0.25, 0.3) is 0 Å². The molecular formula is C15H24NO5S-. The molecule has 1 aliphatic carbocycles. The number of aliphatic hydroxyl groups is 2. The van der Waals surface area contributed by atoms with Gasteiger partial charge in [-0.2, -0.15) is 0 Å². The maximum absolute atomic E-state index is 10.3. The standard InChI is InChI=1S/C9H19NO2.C6H6O3S/c1-10(8-3-2-4-8)9(7-12)5-6-11;7-10(8,9)6-4-2-1-3-5-6/h8-9,11-12H,2-7H2,1H3;1-5H,(H,7,8,9)/p-1. The molecular weight excluding hydrogens is 306 g/mol. The molecule has 0 aliphatic heterocycles. The Kier molecular flexibility index (Phi) is 7.98. The van der Waals surface area contributed by atoms with E-state index in [0.29, 0.717) is 12.5 Å². The predicted molar refractivity (Wildman–Crippen MR) is 82.4 cm³/mol. The second kappa shape index (κ2) is 9.22. The zero-order chi connectivity index (χ0) is 16.6. The van der Waals surface area contributed by atoms with E-state index >= 15 is 0 Å². The van der Waals surface area contributed by atoms with Gasteiger partial charge in [0.1, 0.15) is 10.1 Å². The van der Waals surface area contributed by atoms with Crippen molar-refractivity contribution in [2.45, 2.75) is 42.7 Å². The van der Waals surface area contributed by atoms with Crippen molar-refractivity contribution in [3.05, 3.63) is 30.3 Å². The fourth-order valence-electron chi connectivity index (χ4n) is 2.25. The summed E-state index contributed by atoms with van der Waals surface area (Å²) in [7, 11) is -2.21. The molecule has 0 bridgehead atoms. The molecule has 0 radical (unpaired) electrons. The predicted octanol–water partition coefficient (Wildman–Crippen LogP) is 0.805. The Morgan fingerprint density at radius 1 is 1.27 bits per heavy atom. The Balaban J connectivity index is 0.000000224. The second-order valence-corrected chi connectivity index (χ2v) is 6.75. The van der Waals surface area contributed by atoms with E-state index in [0.717, 1.165) is 0 Å². The molecule has 0 amide bonds. The third kappa shape index (κ3) is 6.02. The Bertz CT molecular complexity index is 516. The molecule has 0 aromatic heterocycles. The SMILES string of the molecule is CN(C(CO)CCO)C1CCC1.O=S(=O)([O-])c1ccccc1. The minimum atomic E-state index is -4.25. The molecule has 6 nitrogen and oxygen atoms in total. The van der Waals surface area contributed by atoms with Crippen LogP contribution >= 0.6 is 0 Å². The van der Waals surface area contributed by atoms with Crippen LogP contribution in [0, 0.1) is 0 Å². The number of benzene rings is 1. The van der Waals surface area contributed by atoms with Crippen LogP contribution in [-0.2, 0) is 10.1 Å². The van der Waals surface area contributed by atoms with E-state index in [1.807, 2.05) is 7.05 Å².